The molecule has 0 unspecified atom stereocenters. The second-order valence-corrected chi connectivity index (χ2v) is 8.54. The van der Waals surface area contributed by atoms with Crippen LogP contribution < -0.4 is 0 Å². The molecule has 1 saturated carbocycles. The van der Waals surface area contributed by atoms with Gasteiger partial charge in [0.2, 0.25) is 0 Å². The zero-order valence-electron chi connectivity index (χ0n) is 17.1. The molecule has 0 radical (unpaired) electrons. The zero-order chi connectivity index (χ0) is 19.7. The molecule has 1 aliphatic carbocycles. The van der Waals surface area contributed by atoms with Gasteiger partial charge >= 0.3 is 0 Å². The summed E-state index contributed by atoms with van der Waals surface area (Å²) in [5.74, 6) is 1.41. The van der Waals surface area contributed by atoms with Gasteiger partial charge in [0.05, 0.1) is 0 Å². The van der Waals surface area contributed by atoms with Crippen molar-refractivity contribution in [1.29, 1.82) is 0 Å². The summed E-state index contributed by atoms with van der Waals surface area (Å²) in [7, 11) is 0. The van der Waals surface area contributed by atoms with Crippen molar-refractivity contribution in [2.24, 2.45) is 5.92 Å². The number of hydrogen-bond donors (Lipinski definition) is 0. The van der Waals surface area contributed by atoms with Crippen molar-refractivity contribution >= 4 is 0 Å². The molecule has 28 heavy (non-hydrogen) atoms. The Balaban J connectivity index is 1.61. The Morgan fingerprint density at radius 3 is 1.86 bits per heavy atom. The van der Waals surface area contributed by atoms with Gasteiger partial charge in [-0.3, -0.25) is 0 Å². The summed E-state index contributed by atoms with van der Waals surface area (Å²) in [6.07, 6.45) is 5.19. The second-order valence-electron chi connectivity index (χ2n) is 8.54. The zero-order valence-corrected chi connectivity index (χ0v) is 17.1. The Kier molecular flexibility index (Phi) is 5.35. The maximum Gasteiger partial charge on any atom is 0.134 e. The van der Waals surface area contributed by atoms with Crippen LogP contribution in [-0.4, -0.2) is 0 Å². The van der Waals surface area contributed by atoms with Gasteiger partial charge in [-0.15, -0.1) is 0 Å². The van der Waals surface area contributed by atoms with E-state index in [0.29, 0.717) is 17.0 Å². The predicted octanol–water partition coefficient (Wildman–Crippen LogP) is 8.07. The molecule has 3 aromatic rings. The van der Waals surface area contributed by atoms with Crippen molar-refractivity contribution in [3.63, 3.8) is 0 Å². The van der Waals surface area contributed by atoms with Gasteiger partial charge in [-0.2, -0.15) is 0 Å². The van der Waals surface area contributed by atoms with Crippen molar-refractivity contribution < 1.29 is 4.39 Å². The fourth-order valence-electron chi connectivity index (χ4n) is 4.48. The van der Waals surface area contributed by atoms with Crippen LogP contribution in [0.4, 0.5) is 4.39 Å². The first kappa shape index (κ1) is 18.9. The maximum absolute atomic E-state index is 15.2. The highest BCUT2D eigenvalue weighted by atomic mass is 19.1. The molecular formula is C27H29F. The van der Waals surface area contributed by atoms with E-state index in [0.717, 1.165) is 22.6 Å². The molecule has 0 atom stereocenters. The molecule has 1 fully saturated rings. The van der Waals surface area contributed by atoms with Gasteiger partial charge in [0.25, 0.3) is 0 Å². The van der Waals surface area contributed by atoms with Crippen molar-refractivity contribution in [3.8, 4) is 22.3 Å². The topological polar surface area (TPSA) is 0 Å². The van der Waals surface area contributed by atoms with E-state index >= 15 is 4.39 Å². The van der Waals surface area contributed by atoms with Crippen LogP contribution in [0.15, 0.2) is 60.7 Å². The lowest BCUT2D eigenvalue weighted by Crippen LogP contribution is -2.10. The number of aryl methyl sites for hydroxylation is 1. The molecular weight excluding hydrogens is 343 g/mol. The van der Waals surface area contributed by atoms with Crippen LogP contribution in [0, 0.1) is 25.6 Å². The SMILES string of the molecule is Cc1ccc(-c2ccc(-c3ccc(C4CCC(C)CC4)cc3)c(F)c2C)cc1. The number of benzene rings is 3. The fraction of sp³-hybridized carbons (Fsp3) is 0.333. The molecule has 144 valence electrons. The molecule has 0 saturated heterocycles. The van der Waals surface area contributed by atoms with E-state index in [2.05, 4.69) is 68.4 Å². The van der Waals surface area contributed by atoms with Gasteiger partial charge in [-0.25, -0.2) is 4.39 Å². The minimum absolute atomic E-state index is 0.114. The first-order chi connectivity index (χ1) is 13.5. The summed E-state index contributed by atoms with van der Waals surface area (Å²) in [5.41, 5.74) is 7.02. The largest absolute Gasteiger partial charge is 0.206 e. The predicted molar refractivity (Wildman–Crippen MR) is 117 cm³/mol. The third kappa shape index (κ3) is 3.76. The third-order valence-corrected chi connectivity index (χ3v) is 6.46. The normalized spacial score (nSPS) is 19.6. The quantitative estimate of drug-likeness (QED) is 0.436. The lowest BCUT2D eigenvalue weighted by Gasteiger charge is -2.26. The lowest BCUT2D eigenvalue weighted by molar-refractivity contribution is 0.348. The van der Waals surface area contributed by atoms with Crippen LogP contribution >= 0.6 is 0 Å². The highest BCUT2D eigenvalue weighted by Gasteiger charge is 2.20. The number of halogens is 1. The van der Waals surface area contributed by atoms with Crippen LogP contribution in [0.1, 0.15) is 55.2 Å². The molecule has 0 N–H and O–H groups in total. The standard InChI is InChI=1S/C27H29F/c1-18-4-8-21(9-5-18)22-12-14-24(15-13-22)26-17-16-25(20(3)27(26)28)23-10-6-19(2)7-11-23/h6-7,10-18,21H,4-5,8-9H2,1-3H3. The third-order valence-electron chi connectivity index (χ3n) is 6.46. The van der Waals surface area contributed by atoms with E-state index in [4.69, 9.17) is 0 Å². The molecule has 1 aliphatic rings. The van der Waals surface area contributed by atoms with Crippen LogP contribution in [0.25, 0.3) is 22.3 Å². The highest BCUT2D eigenvalue weighted by Crippen LogP contribution is 2.37. The minimum Gasteiger partial charge on any atom is -0.206 e. The van der Waals surface area contributed by atoms with Crippen molar-refractivity contribution in [2.75, 3.05) is 0 Å². The molecule has 0 heterocycles. The van der Waals surface area contributed by atoms with E-state index in [1.165, 1.54) is 36.8 Å². The molecule has 0 bridgehead atoms. The van der Waals surface area contributed by atoms with E-state index in [-0.39, 0.29) is 5.82 Å². The summed E-state index contributed by atoms with van der Waals surface area (Å²) in [4.78, 5) is 0. The molecule has 0 nitrogen and oxygen atoms in total. The molecule has 0 aromatic heterocycles. The summed E-state index contributed by atoms with van der Waals surface area (Å²) >= 11 is 0. The Hall–Kier alpha value is -2.41. The Morgan fingerprint density at radius 2 is 1.21 bits per heavy atom. The van der Waals surface area contributed by atoms with Gasteiger partial charge < -0.3 is 0 Å². The van der Waals surface area contributed by atoms with Gasteiger partial charge in [0.15, 0.2) is 0 Å². The van der Waals surface area contributed by atoms with E-state index < -0.39 is 0 Å². The Morgan fingerprint density at radius 1 is 0.679 bits per heavy atom. The summed E-state index contributed by atoms with van der Waals surface area (Å²) < 4.78 is 15.2. The van der Waals surface area contributed by atoms with Crippen molar-refractivity contribution in [2.45, 2.75) is 52.4 Å². The number of hydrogen-bond acceptors (Lipinski definition) is 0. The van der Waals surface area contributed by atoms with E-state index in [9.17, 15) is 0 Å². The van der Waals surface area contributed by atoms with Gasteiger partial charge in [0, 0.05) is 5.56 Å². The average molecular weight is 373 g/mol. The van der Waals surface area contributed by atoms with Gasteiger partial charge in [0.1, 0.15) is 5.82 Å². The maximum atomic E-state index is 15.2. The average Bonchev–Trinajstić information content (AvgIpc) is 2.72. The van der Waals surface area contributed by atoms with Crippen molar-refractivity contribution in [1.82, 2.24) is 0 Å². The van der Waals surface area contributed by atoms with Crippen LogP contribution in [0.5, 0.6) is 0 Å². The van der Waals surface area contributed by atoms with Crippen LogP contribution in [0.3, 0.4) is 0 Å². The molecule has 0 aliphatic heterocycles. The molecule has 0 amide bonds. The Labute approximate surface area is 168 Å². The first-order valence-corrected chi connectivity index (χ1v) is 10.5. The molecule has 1 heteroatoms. The first-order valence-electron chi connectivity index (χ1n) is 10.5. The number of rotatable bonds is 3. The lowest BCUT2D eigenvalue weighted by atomic mass is 9.79. The summed E-state index contributed by atoms with van der Waals surface area (Å²) in [5, 5.41) is 0. The molecule has 4 rings (SSSR count). The molecule has 3 aromatic carbocycles. The smallest absolute Gasteiger partial charge is 0.134 e. The summed E-state index contributed by atoms with van der Waals surface area (Å²) in [6.45, 7) is 6.30. The molecule has 0 spiro atoms. The Bertz CT molecular complexity index is 943. The van der Waals surface area contributed by atoms with Gasteiger partial charge in [-0.05, 0) is 66.3 Å². The highest BCUT2D eigenvalue weighted by molar-refractivity contribution is 5.74. The fourth-order valence-corrected chi connectivity index (χ4v) is 4.48. The van der Waals surface area contributed by atoms with Crippen molar-refractivity contribution in [3.05, 3.63) is 83.2 Å². The van der Waals surface area contributed by atoms with E-state index in [1.807, 2.05) is 13.0 Å². The minimum atomic E-state index is -0.114. The van der Waals surface area contributed by atoms with Crippen LogP contribution in [-0.2, 0) is 0 Å². The van der Waals surface area contributed by atoms with Crippen LogP contribution in [0.2, 0.25) is 0 Å². The van der Waals surface area contributed by atoms with Gasteiger partial charge in [-0.1, -0.05) is 86.0 Å². The van der Waals surface area contributed by atoms with E-state index in [1.54, 1.807) is 0 Å². The summed E-state index contributed by atoms with van der Waals surface area (Å²) in [6, 6.07) is 20.9. The second kappa shape index (κ2) is 7.91. The monoisotopic (exact) mass is 372 g/mol.